The molecular weight excluding hydrogens is 745 g/mol. The summed E-state index contributed by atoms with van der Waals surface area (Å²) in [5.41, 5.74) is 10.6. The summed E-state index contributed by atoms with van der Waals surface area (Å²) in [7, 11) is 4.41. The Balaban J connectivity index is 0.00000292. The molecule has 0 N–H and O–H groups in total. The maximum atomic E-state index is 5.53. The summed E-state index contributed by atoms with van der Waals surface area (Å²) >= 11 is 0. The van der Waals surface area contributed by atoms with Gasteiger partial charge in [-0.15, -0.1) is 0 Å². The minimum absolute atomic E-state index is 0. The first-order valence-corrected chi connectivity index (χ1v) is 15.4. The SMILES string of the molecule is [B]1N2CCN3[B]N(c4cccc(n4)C4(c5cccc(n5)N1c1ccccc12)c1ccccc1-c1ccccc14)c1ccccc13.[Pt]. The van der Waals surface area contributed by atoms with E-state index in [0.717, 1.165) is 47.5 Å². The van der Waals surface area contributed by atoms with Gasteiger partial charge in [0, 0.05) is 45.5 Å². The Kier molecular flexibility index (Phi) is 6.20. The van der Waals surface area contributed by atoms with Crippen LogP contribution in [0.1, 0.15) is 22.5 Å². The molecule has 5 heterocycles. The van der Waals surface area contributed by atoms with E-state index >= 15 is 0 Å². The molecule has 3 aliphatic heterocycles. The van der Waals surface area contributed by atoms with Gasteiger partial charge in [0.1, 0.15) is 17.1 Å². The third kappa shape index (κ3) is 3.71. The molecule has 0 unspecified atom stereocenters. The molecule has 0 saturated heterocycles. The zero-order chi connectivity index (χ0) is 29.5. The van der Waals surface area contributed by atoms with Crippen molar-refractivity contribution in [1.82, 2.24) is 9.97 Å². The molecule has 1 spiro atoms. The third-order valence-electron chi connectivity index (χ3n) is 9.68. The van der Waals surface area contributed by atoms with Crippen molar-refractivity contribution in [2.24, 2.45) is 0 Å². The number of hydrogen-bond acceptors (Lipinski definition) is 6. The van der Waals surface area contributed by atoms with Crippen molar-refractivity contribution < 1.29 is 21.1 Å². The molecular formula is C37H26B2N6Pt. The molecule has 6 nitrogen and oxygen atoms in total. The molecule has 10 rings (SSSR count). The first-order valence-electron chi connectivity index (χ1n) is 15.4. The van der Waals surface area contributed by atoms with Crippen LogP contribution in [-0.4, -0.2) is 38.2 Å². The van der Waals surface area contributed by atoms with Gasteiger partial charge in [-0.2, -0.15) is 0 Å². The predicted molar refractivity (Wildman–Crippen MR) is 183 cm³/mol. The summed E-state index contributed by atoms with van der Waals surface area (Å²) in [6.07, 6.45) is 0. The van der Waals surface area contributed by atoms with E-state index in [4.69, 9.17) is 9.97 Å². The molecule has 1 aliphatic carbocycles. The van der Waals surface area contributed by atoms with E-state index in [1.54, 1.807) is 0 Å². The predicted octanol–water partition coefficient (Wildman–Crippen LogP) is 6.84. The Labute approximate surface area is 284 Å². The van der Waals surface area contributed by atoms with Crippen LogP contribution in [0, 0.1) is 0 Å². The molecule has 9 heteroatoms. The van der Waals surface area contributed by atoms with Crippen LogP contribution in [0.5, 0.6) is 0 Å². The molecule has 4 aromatic carbocycles. The monoisotopic (exact) mass is 771 g/mol. The molecule has 0 atom stereocenters. The van der Waals surface area contributed by atoms with Crippen LogP contribution >= 0.6 is 0 Å². The third-order valence-corrected chi connectivity index (χ3v) is 9.68. The molecule has 6 aromatic rings. The number of para-hydroxylation sites is 4. The summed E-state index contributed by atoms with van der Waals surface area (Å²) in [5, 5.41) is 0. The molecule has 2 radical (unpaired) electrons. The van der Waals surface area contributed by atoms with Crippen molar-refractivity contribution in [2.75, 3.05) is 32.3 Å². The van der Waals surface area contributed by atoms with Gasteiger partial charge in [-0.05, 0) is 70.8 Å². The van der Waals surface area contributed by atoms with Crippen LogP contribution in [0.3, 0.4) is 0 Å². The molecule has 0 fully saturated rings. The van der Waals surface area contributed by atoms with E-state index < -0.39 is 5.41 Å². The van der Waals surface area contributed by atoms with Crippen molar-refractivity contribution in [1.29, 1.82) is 0 Å². The second-order valence-corrected chi connectivity index (χ2v) is 11.9. The van der Waals surface area contributed by atoms with Crippen molar-refractivity contribution in [3.05, 3.63) is 156 Å². The van der Waals surface area contributed by atoms with E-state index in [9.17, 15) is 0 Å². The Morgan fingerprint density at radius 3 is 1.35 bits per heavy atom. The molecule has 8 bridgehead atoms. The van der Waals surface area contributed by atoms with E-state index in [0.29, 0.717) is 0 Å². The number of anilines is 6. The summed E-state index contributed by atoms with van der Waals surface area (Å²) in [6, 6.07) is 47.6. The number of nitrogens with zero attached hydrogens (tertiary/aromatic N) is 6. The standard InChI is InChI=1S/C37H26B2N6.Pt/c1-3-13-27-25(11-1)26-12-2-4-14-28(26)37(27)33-19-9-21-35(40-33)44-31-17-7-5-15-29(31)42(38-44)23-24-43-30-16-6-8-18-32(30)45(39-43)36-22-10-20-34(37)41-36;/h1-22H,23-24H2;. The van der Waals surface area contributed by atoms with E-state index in [1.807, 2.05) is 0 Å². The molecule has 46 heavy (non-hydrogen) atoms. The van der Waals surface area contributed by atoms with E-state index in [2.05, 4.69) is 168 Å². The number of fused-ring (bicyclic) bond motifs is 23. The van der Waals surface area contributed by atoms with Crippen LogP contribution < -0.4 is 19.2 Å². The fourth-order valence-electron chi connectivity index (χ4n) is 7.74. The number of pyridine rings is 2. The second-order valence-electron chi connectivity index (χ2n) is 11.9. The minimum atomic E-state index is -0.711. The van der Waals surface area contributed by atoms with Gasteiger partial charge < -0.3 is 19.2 Å². The summed E-state index contributed by atoms with van der Waals surface area (Å²) in [6.45, 7) is 1.62. The van der Waals surface area contributed by atoms with Gasteiger partial charge in [0.2, 0.25) is 0 Å². The van der Waals surface area contributed by atoms with Gasteiger partial charge in [-0.3, -0.25) is 0 Å². The number of rotatable bonds is 0. The van der Waals surface area contributed by atoms with E-state index in [-0.39, 0.29) is 21.1 Å². The zero-order valence-electron chi connectivity index (χ0n) is 24.8. The molecule has 0 amide bonds. The Morgan fingerprint density at radius 1 is 0.457 bits per heavy atom. The smallest absolute Gasteiger partial charge is 0.395 e. The van der Waals surface area contributed by atoms with Crippen LogP contribution in [-0.2, 0) is 26.5 Å². The normalized spacial score (nSPS) is 15.8. The van der Waals surface area contributed by atoms with Gasteiger partial charge in [0.25, 0.3) is 0 Å². The molecule has 0 saturated carbocycles. The summed E-state index contributed by atoms with van der Waals surface area (Å²) in [5.74, 6) is 1.77. The van der Waals surface area contributed by atoms with Crippen LogP contribution in [0.4, 0.5) is 34.4 Å². The first kappa shape index (κ1) is 27.5. The van der Waals surface area contributed by atoms with Crippen molar-refractivity contribution in [3.8, 4) is 11.1 Å². The van der Waals surface area contributed by atoms with Gasteiger partial charge in [0.05, 0.1) is 22.8 Å². The van der Waals surface area contributed by atoms with Crippen molar-refractivity contribution in [2.45, 2.75) is 5.41 Å². The first-order chi connectivity index (χ1) is 22.3. The zero-order valence-corrected chi connectivity index (χ0v) is 27.0. The largest absolute Gasteiger partial charge is 0.397 e. The fourth-order valence-corrected chi connectivity index (χ4v) is 7.74. The van der Waals surface area contributed by atoms with Gasteiger partial charge >= 0.3 is 15.1 Å². The van der Waals surface area contributed by atoms with Crippen molar-refractivity contribution >= 4 is 49.5 Å². The quantitative estimate of drug-likeness (QED) is 0.158. The maximum absolute atomic E-state index is 5.53. The summed E-state index contributed by atoms with van der Waals surface area (Å²) < 4.78 is 0. The average molecular weight is 771 g/mol. The van der Waals surface area contributed by atoms with Crippen LogP contribution in [0.15, 0.2) is 133 Å². The number of benzene rings is 4. The average Bonchev–Trinajstić information content (AvgIpc) is 3.76. The summed E-state index contributed by atoms with van der Waals surface area (Å²) in [4.78, 5) is 20.2. The fraction of sp³-hybridized carbons (Fsp3) is 0.0811. The van der Waals surface area contributed by atoms with Crippen LogP contribution in [0.25, 0.3) is 11.1 Å². The van der Waals surface area contributed by atoms with E-state index in [1.165, 1.54) is 33.6 Å². The topological polar surface area (TPSA) is 38.7 Å². The van der Waals surface area contributed by atoms with Gasteiger partial charge in [-0.25, -0.2) is 9.97 Å². The van der Waals surface area contributed by atoms with Crippen molar-refractivity contribution in [3.63, 3.8) is 0 Å². The van der Waals surface area contributed by atoms with Gasteiger partial charge in [0.15, 0.2) is 0 Å². The maximum Gasteiger partial charge on any atom is 0.397 e. The number of aromatic nitrogens is 2. The number of hydrogen-bond donors (Lipinski definition) is 0. The molecule has 220 valence electrons. The Bertz CT molecular complexity index is 2000. The van der Waals surface area contributed by atoms with Crippen LogP contribution in [0.2, 0.25) is 0 Å². The molecule has 2 aromatic heterocycles. The van der Waals surface area contributed by atoms with Gasteiger partial charge in [-0.1, -0.05) is 84.9 Å². The minimum Gasteiger partial charge on any atom is -0.395 e. The molecule has 4 aliphatic rings. The Morgan fingerprint density at radius 2 is 0.870 bits per heavy atom. The second kappa shape index (κ2) is 10.4. The Hall–Kier alpha value is -4.80.